The normalized spacial score (nSPS) is 21.1. The van der Waals surface area contributed by atoms with Crippen molar-refractivity contribution in [3.8, 4) is 11.5 Å². The minimum Gasteiger partial charge on any atom is -0.502 e. The van der Waals surface area contributed by atoms with Crippen LogP contribution in [0.4, 0.5) is 0 Å². The fraction of sp³-hybridized carbons (Fsp3) is 0.200. The fourth-order valence-electron chi connectivity index (χ4n) is 4.47. The second kappa shape index (κ2) is 7.60. The van der Waals surface area contributed by atoms with Crippen LogP contribution in [0.15, 0.2) is 83.8 Å². The van der Waals surface area contributed by atoms with Crippen LogP contribution in [0.1, 0.15) is 28.5 Å². The number of benzene rings is 2. The second-order valence-corrected chi connectivity index (χ2v) is 8.01. The van der Waals surface area contributed by atoms with Crippen LogP contribution in [0.5, 0.6) is 11.5 Å². The van der Waals surface area contributed by atoms with Gasteiger partial charge in [0.1, 0.15) is 24.6 Å². The summed E-state index contributed by atoms with van der Waals surface area (Å²) in [7, 11) is 0. The Labute approximate surface area is 185 Å². The number of hydrogen-bond acceptors (Lipinski definition) is 5. The molecule has 0 radical (unpaired) electrons. The zero-order valence-electron chi connectivity index (χ0n) is 17.6. The molecule has 1 N–H and O–H groups in total. The van der Waals surface area contributed by atoms with E-state index in [1.807, 2.05) is 71.8 Å². The summed E-state index contributed by atoms with van der Waals surface area (Å²) in [5, 5.41) is 12.6. The molecule has 32 heavy (non-hydrogen) atoms. The molecule has 7 nitrogen and oxygen atoms in total. The number of amides is 1. The van der Waals surface area contributed by atoms with Gasteiger partial charge in [0.15, 0.2) is 11.4 Å². The van der Waals surface area contributed by atoms with Crippen molar-refractivity contribution >= 4 is 5.91 Å². The van der Waals surface area contributed by atoms with Gasteiger partial charge in [-0.1, -0.05) is 54.6 Å². The maximum absolute atomic E-state index is 13.3. The topological polar surface area (TPSA) is 75.0 Å². The van der Waals surface area contributed by atoms with E-state index in [1.165, 1.54) is 6.07 Å². The van der Waals surface area contributed by atoms with Gasteiger partial charge in [0.25, 0.3) is 5.91 Å². The Morgan fingerprint density at radius 3 is 2.53 bits per heavy atom. The number of para-hydroxylation sites is 1. The van der Waals surface area contributed by atoms with E-state index >= 15 is 0 Å². The van der Waals surface area contributed by atoms with E-state index in [4.69, 9.17) is 4.74 Å². The Hall–Kier alpha value is -4.00. The van der Waals surface area contributed by atoms with Gasteiger partial charge in [0, 0.05) is 24.4 Å². The highest BCUT2D eigenvalue weighted by atomic mass is 16.5. The fourth-order valence-corrected chi connectivity index (χ4v) is 4.47. The molecule has 2 aliphatic rings. The molecule has 2 bridgehead atoms. The van der Waals surface area contributed by atoms with Gasteiger partial charge in [0.2, 0.25) is 5.43 Å². The van der Waals surface area contributed by atoms with Gasteiger partial charge >= 0.3 is 0 Å². The maximum Gasteiger partial charge on any atom is 0.278 e. The van der Waals surface area contributed by atoms with Crippen molar-refractivity contribution in [2.45, 2.75) is 12.5 Å². The first-order valence-corrected chi connectivity index (χ1v) is 10.5. The van der Waals surface area contributed by atoms with Crippen molar-refractivity contribution < 1.29 is 14.6 Å². The van der Waals surface area contributed by atoms with Crippen LogP contribution < -0.4 is 15.2 Å². The summed E-state index contributed by atoms with van der Waals surface area (Å²) in [6.07, 6.45) is 5.27. The number of carbonyl (C=O) groups is 1. The van der Waals surface area contributed by atoms with E-state index in [9.17, 15) is 14.7 Å². The lowest BCUT2D eigenvalue weighted by molar-refractivity contribution is 0.0685. The van der Waals surface area contributed by atoms with E-state index in [2.05, 4.69) is 6.92 Å². The third kappa shape index (κ3) is 2.97. The highest BCUT2D eigenvalue weighted by Crippen LogP contribution is 2.41. The molecule has 1 amide bonds. The highest BCUT2D eigenvalue weighted by molar-refractivity contribution is 5.96. The predicted molar refractivity (Wildman–Crippen MR) is 120 cm³/mol. The summed E-state index contributed by atoms with van der Waals surface area (Å²) in [4.78, 5) is 27.1. The first-order valence-electron chi connectivity index (χ1n) is 10.5. The highest BCUT2D eigenvalue weighted by Gasteiger charge is 2.44. The van der Waals surface area contributed by atoms with E-state index in [-0.39, 0.29) is 12.4 Å². The smallest absolute Gasteiger partial charge is 0.278 e. The Morgan fingerprint density at radius 2 is 1.72 bits per heavy atom. The molecular weight excluding hydrogens is 406 g/mol. The first-order chi connectivity index (χ1) is 15.5. The molecule has 0 aliphatic carbocycles. The lowest BCUT2D eigenvalue weighted by atomic mass is 9.83. The van der Waals surface area contributed by atoms with Crippen LogP contribution in [0.2, 0.25) is 0 Å². The molecule has 162 valence electrons. The lowest BCUT2D eigenvalue weighted by Crippen LogP contribution is -2.61. The third-order valence-electron chi connectivity index (χ3n) is 6.20. The first kappa shape index (κ1) is 19.9. The molecule has 0 spiro atoms. The Morgan fingerprint density at radius 1 is 0.969 bits per heavy atom. The molecule has 3 heterocycles. The summed E-state index contributed by atoms with van der Waals surface area (Å²) in [5.74, 6) is -0.225. The second-order valence-electron chi connectivity index (χ2n) is 8.01. The van der Waals surface area contributed by atoms with Gasteiger partial charge in [-0.25, -0.2) is 0 Å². The number of hydrogen-bond donors (Lipinski definition) is 1. The van der Waals surface area contributed by atoms with Crippen molar-refractivity contribution in [1.29, 1.82) is 0 Å². The monoisotopic (exact) mass is 429 g/mol. The summed E-state index contributed by atoms with van der Waals surface area (Å²) >= 11 is 0. The Kier molecular flexibility index (Phi) is 4.74. The molecule has 1 aromatic heterocycles. The number of pyridine rings is 1. The van der Waals surface area contributed by atoms with E-state index in [0.717, 1.165) is 16.9 Å². The van der Waals surface area contributed by atoms with Crippen molar-refractivity contribution in [2.75, 3.05) is 24.8 Å². The zero-order valence-corrected chi connectivity index (χ0v) is 17.6. The molecular formula is C25H23N3O4. The maximum atomic E-state index is 13.3. The van der Waals surface area contributed by atoms with Gasteiger partial charge in [-0.15, -0.1) is 0 Å². The molecule has 0 unspecified atom stereocenters. The van der Waals surface area contributed by atoms with Gasteiger partial charge < -0.3 is 14.7 Å². The molecule has 0 saturated heterocycles. The van der Waals surface area contributed by atoms with E-state index in [1.54, 1.807) is 15.8 Å². The van der Waals surface area contributed by atoms with Crippen LogP contribution in [-0.2, 0) is 5.54 Å². The molecule has 5 rings (SSSR count). The zero-order chi connectivity index (χ0) is 22.3. The van der Waals surface area contributed by atoms with Crippen molar-refractivity contribution in [2.24, 2.45) is 0 Å². The van der Waals surface area contributed by atoms with Gasteiger partial charge in [-0.05, 0) is 24.6 Å². The predicted octanol–water partition coefficient (Wildman–Crippen LogP) is 2.82. The minimum absolute atomic E-state index is 0.0445. The number of ether oxygens (including phenoxy) is 1. The summed E-state index contributed by atoms with van der Waals surface area (Å²) < 4.78 is 7.72. The van der Waals surface area contributed by atoms with E-state index in [0.29, 0.717) is 13.2 Å². The Balaban J connectivity index is 1.85. The SMILES string of the molecule is C[C@@]1(c2ccccc2)c2ccccc2OC/C=C\CN2CN1n1ccc(=O)c(O)c1C2=O. The largest absolute Gasteiger partial charge is 0.502 e. The summed E-state index contributed by atoms with van der Waals surface area (Å²) in [6.45, 7) is 2.99. The van der Waals surface area contributed by atoms with Gasteiger partial charge in [-0.3, -0.25) is 19.3 Å². The summed E-state index contributed by atoms with van der Waals surface area (Å²) in [6, 6.07) is 19.0. The van der Waals surface area contributed by atoms with Crippen LogP contribution >= 0.6 is 0 Å². The van der Waals surface area contributed by atoms with Crippen molar-refractivity contribution in [1.82, 2.24) is 9.58 Å². The van der Waals surface area contributed by atoms with Gasteiger partial charge in [0.05, 0.1) is 0 Å². The van der Waals surface area contributed by atoms with Gasteiger partial charge in [-0.2, -0.15) is 0 Å². The third-order valence-corrected chi connectivity index (χ3v) is 6.20. The number of rotatable bonds is 1. The van der Waals surface area contributed by atoms with Crippen molar-refractivity contribution in [3.63, 3.8) is 0 Å². The van der Waals surface area contributed by atoms with Crippen molar-refractivity contribution in [3.05, 3.63) is 106 Å². The van der Waals surface area contributed by atoms with Crippen LogP contribution in [0.25, 0.3) is 0 Å². The van der Waals surface area contributed by atoms with Crippen LogP contribution in [-0.4, -0.2) is 40.4 Å². The number of carbonyl (C=O) groups excluding carboxylic acids is 1. The molecule has 2 aromatic carbocycles. The Bertz CT molecular complexity index is 1270. The number of fused-ring (bicyclic) bond motifs is 5. The molecule has 0 saturated carbocycles. The number of aromatic hydroxyl groups is 1. The average molecular weight is 429 g/mol. The average Bonchev–Trinajstić information content (AvgIpc) is 2.84. The number of nitrogens with zero attached hydrogens (tertiary/aromatic N) is 3. The van der Waals surface area contributed by atoms with Crippen LogP contribution in [0, 0.1) is 0 Å². The standard InChI is InChI=1S/C25H23N3O4/c1-25(18-9-3-2-4-10-18)19-11-5-6-12-21(19)32-16-8-7-14-26-17-28(25)27-15-13-20(29)23(30)22(27)24(26)31/h2-13,15,30H,14,16-17H2,1H3/b8-7-/t25-/m1/s1. The molecule has 3 aromatic rings. The lowest BCUT2D eigenvalue weighted by Gasteiger charge is -2.49. The molecule has 7 heteroatoms. The molecule has 2 aliphatic heterocycles. The van der Waals surface area contributed by atoms with Crippen LogP contribution in [0.3, 0.4) is 0 Å². The molecule has 1 atom stereocenters. The summed E-state index contributed by atoms with van der Waals surface area (Å²) in [5.41, 5.74) is 0.451. The number of aromatic nitrogens is 1. The quantitative estimate of drug-likeness (QED) is 0.602. The van der Waals surface area contributed by atoms with E-state index < -0.39 is 22.6 Å². The molecule has 0 fully saturated rings. The minimum atomic E-state index is -0.794.